The largest absolute Gasteiger partial charge is 0.488 e. The van der Waals surface area contributed by atoms with Gasteiger partial charge < -0.3 is 13.9 Å². The first kappa shape index (κ1) is 29.4. The number of furan rings is 1. The number of aldehydes is 2. The van der Waals surface area contributed by atoms with Gasteiger partial charge in [-0.05, 0) is 76.7 Å². The van der Waals surface area contributed by atoms with E-state index in [0.717, 1.165) is 38.8 Å². The van der Waals surface area contributed by atoms with Crippen LogP contribution in [-0.4, -0.2) is 17.6 Å². The minimum Gasteiger partial charge on any atom is -0.488 e. The normalized spacial score (nSPS) is 10.8. The van der Waals surface area contributed by atoms with Crippen LogP contribution in [0, 0.1) is 18.3 Å². The van der Waals surface area contributed by atoms with Crippen molar-refractivity contribution in [1.29, 1.82) is 5.26 Å². The SMILES string of the molecule is Cc1c(COc2cc(OCc3cncc(C#N)c3)c(C=O)cc2Cl)cccc1-c1cccc(-c2ccc3oc(C=O)cc3c2)c1. The van der Waals surface area contributed by atoms with E-state index >= 15 is 0 Å². The molecule has 7 nitrogen and oxygen atoms in total. The molecular weight excluding hydrogens is 588 g/mol. The molecule has 0 unspecified atom stereocenters. The maximum atomic E-state index is 11.7. The van der Waals surface area contributed by atoms with Gasteiger partial charge in [-0.25, -0.2) is 0 Å². The molecule has 2 aromatic heterocycles. The van der Waals surface area contributed by atoms with E-state index in [4.69, 9.17) is 30.8 Å². The van der Waals surface area contributed by atoms with Crippen LogP contribution < -0.4 is 9.47 Å². The second-order valence-electron chi connectivity index (χ2n) is 10.4. The highest BCUT2D eigenvalue weighted by molar-refractivity contribution is 6.32. The standard InChI is InChI=1S/C37H25ClN2O5/c1-23-29(22-44-37-15-36(31(19-41)14-34(37)38)43-21-25-10-24(16-39)17-40-18-25)6-3-7-33(23)28-5-2-4-26(11-28)27-8-9-35-30(12-27)13-32(20-42)45-35/h2-15,17-20H,21-22H2,1H3. The Morgan fingerprint density at radius 1 is 0.844 bits per heavy atom. The lowest BCUT2D eigenvalue weighted by Gasteiger charge is -2.16. The molecule has 0 aliphatic carbocycles. The first-order chi connectivity index (χ1) is 21.9. The molecule has 0 bridgehead atoms. The number of halogens is 1. The highest BCUT2D eigenvalue weighted by Crippen LogP contribution is 2.35. The summed E-state index contributed by atoms with van der Waals surface area (Å²) in [6, 6.07) is 28.8. The number of nitrogens with zero attached hydrogens (tertiary/aromatic N) is 2. The lowest BCUT2D eigenvalue weighted by atomic mass is 9.94. The molecule has 4 aromatic carbocycles. The minimum atomic E-state index is 0.111. The first-order valence-corrected chi connectivity index (χ1v) is 14.4. The Bertz CT molecular complexity index is 2110. The van der Waals surface area contributed by atoms with Crippen LogP contribution in [0.4, 0.5) is 0 Å². The van der Waals surface area contributed by atoms with Crippen LogP contribution in [0.5, 0.6) is 11.5 Å². The van der Waals surface area contributed by atoms with Crippen molar-refractivity contribution < 1.29 is 23.5 Å². The molecule has 2 heterocycles. The summed E-state index contributed by atoms with van der Waals surface area (Å²) in [4.78, 5) is 26.9. The molecule has 0 saturated carbocycles. The molecule has 0 N–H and O–H groups in total. The number of hydrogen-bond acceptors (Lipinski definition) is 7. The molecule has 6 aromatic rings. The quantitative estimate of drug-likeness (QED) is 0.142. The zero-order chi connectivity index (χ0) is 31.3. The zero-order valence-corrected chi connectivity index (χ0v) is 24.9. The number of carbonyl (C=O) groups excluding carboxylic acids is 2. The average Bonchev–Trinajstić information content (AvgIpc) is 3.50. The molecule has 220 valence electrons. The summed E-state index contributed by atoms with van der Waals surface area (Å²) in [6.07, 6.45) is 4.45. The average molecular weight is 613 g/mol. The third kappa shape index (κ3) is 6.32. The Balaban J connectivity index is 1.22. The van der Waals surface area contributed by atoms with Gasteiger partial charge in [-0.2, -0.15) is 5.26 Å². The van der Waals surface area contributed by atoms with Crippen LogP contribution in [0.15, 0.2) is 102 Å². The second kappa shape index (κ2) is 12.9. The molecule has 0 amide bonds. The van der Waals surface area contributed by atoms with Crippen molar-refractivity contribution in [3.05, 3.63) is 136 Å². The van der Waals surface area contributed by atoms with Gasteiger partial charge in [-0.1, -0.05) is 54.1 Å². The van der Waals surface area contributed by atoms with Crippen LogP contribution in [0.2, 0.25) is 5.02 Å². The topological polar surface area (TPSA) is 102 Å². The van der Waals surface area contributed by atoms with Crippen molar-refractivity contribution >= 4 is 35.1 Å². The fraction of sp³-hybridized carbons (Fsp3) is 0.0811. The van der Waals surface area contributed by atoms with Gasteiger partial charge in [0.25, 0.3) is 0 Å². The van der Waals surface area contributed by atoms with E-state index in [9.17, 15) is 9.59 Å². The van der Waals surface area contributed by atoms with E-state index in [1.54, 1.807) is 24.4 Å². The Kier molecular flexibility index (Phi) is 8.41. The summed E-state index contributed by atoms with van der Waals surface area (Å²) in [5, 5.41) is 10.3. The van der Waals surface area contributed by atoms with E-state index < -0.39 is 0 Å². The summed E-state index contributed by atoms with van der Waals surface area (Å²) in [7, 11) is 0. The van der Waals surface area contributed by atoms with Crippen LogP contribution in [-0.2, 0) is 13.2 Å². The Labute approximate surface area is 264 Å². The molecule has 0 aliphatic heterocycles. The fourth-order valence-electron chi connectivity index (χ4n) is 5.14. The van der Waals surface area contributed by atoms with Gasteiger partial charge in [-0.15, -0.1) is 0 Å². The van der Waals surface area contributed by atoms with Crippen LogP contribution in [0.25, 0.3) is 33.2 Å². The molecule has 0 fully saturated rings. The number of hydrogen-bond donors (Lipinski definition) is 0. The van der Waals surface area contributed by atoms with Crippen molar-refractivity contribution in [2.24, 2.45) is 0 Å². The summed E-state index contributed by atoms with van der Waals surface area (Å²) >= 11 is 6.48. The van der Waals surface area contributed by atoms with Gasteiger partial charge >= 0.3 is 0 Å². The van der Waals surface area contributed by atoms with Gasteiger partial charge in [0.15, 0.2) is 18.3 Å². The van der Waals surface area contributed by atoms with E-state index in [-0.39, 0.29) is 23.8 Å². The molecule has 0 atom stereocenters. The third-order valence-electron chi connectivity index (χ3n) is 7.50. The van der Waals surface area contributed by atoms with Gasteiger partial charge in [0.1, 0.15) is 36.4 Å². The monoisotopic (exact) mass is 612 g/mol. The van der Waals surface area contributed by atoms with Crippen molar-refractivity contribution in [2.45, 2.75) is 20.1 Å². The number of nitriles is 1. The predicted molar refractivity (Wildman–Crippen MR) is 172 cm³/mol. The summed E-state index contributed by atoms with van der Waals surface area (Å²) in [6.45, 7) is 2.40. The van der Waals surface area contributed by atoms with E-state index in [2.05, 4.69) is 29.2 Å². The fourth-order valence-corrected chi connectivity index (χ4v) is 5.37. The van der Waals surface area contributed by atoms with Crippen molar-refractivity contribution in [3.63, 3.8) is 0 Å². The van der Waals surface area contributed by atoms with Gasteiger partial charge in [0, 0.05) is 29.4 Å². The highest BCUT2D eigenvalue weighted by atomic mass is 35.5. The van der Waals surface area contributed by atoms with E-state index in [1.165, 1.54) is 12.3 Å². The number of carbonyl (C=O) groups is 2. The first-order valence-electron chi connectivity index (χ1n) is 14.0. The van der Waals surface area contributed by atoms with Crippen LogP contribution in [0.3, 0.4) is 0 Å². The molecule has 8 heteroatoms. The van der Waals surface area contributed by atoms with Gasteiger partial charge in [0.05, 0.1) is 16.1 Å². The summed E-state index contributed by atoms with van der Waals surface area (Å²) < 4.78 is 17.6. The molecule has 0 saturated heterocycles. The summed E-state index contributed by atoms with van der Waals surface area (Å²) in [5.74, 6) is 0.987. The number of benzene rings is 4. The number of fused-ring (bicyclic) bond motifs is 1. The Morgan fingerprint density at radius 3 is 2.47 bits per heavy atom. The molecule has 0 radical (unpaired) electrons. The molecule has 6 rings (SSSR count). The second-order valence-corrected chi connectivity index (χ2v) is 10.8. The predicted octanol–water partition coefficient (Wildman–Crippen LogP) is 8.78. The third-order valence-corrected chi connectivity index (χ3v) is 7.79. The van der Waals surface area contributed by atoms with E-state index in [1.807, 2.05) is 49.4 Å². The number of ether oxygens (including phenoxy) is 2. The Morgan fingerprint density at radius 2 is 1.64 bits per heavy atom. The molecular formula is C37H25ClN2O5. The smallest absolute Gasteiger partial charge is 0.185 e. The zero-order valence-electron chi connectivity index (χ0n) is 24.1. The van der Waals surface area contributed by atoms with Crippen LogP contribution >= 0.6 is 11.6 Å². The highest BCUT2D eigenvalue weighted by Gasteiger charge is 2.14. The lowest BCUT2D eigenvalue weighted by Crippen LogP contribution is -2.03. The maximum absolute atomic E-state index is 11.7. The maximum Gasteiger partial charge on any atom is 0.185 e. The number of aromatic nitrogens is 1. The van der Waals surface area contributed by atoms with Gasteiger partial charge in [-0.3, -0.25) is 14.6 Å². The molecule has 0 spiro atoms. The summed E-state index contributed by atoms with van der Waals surface area (Å²) in [5.41, 5.74) is 8.24. The molecule has 45 heavy (non-hydrogen) atoms. The lowest BCUT2D eigenvalue weighted by molar-refractivity contribution is 0.109. The van der Waals surface area contributed by atoms with Crippen LogP contribution in [0.1, 0.15) is 43.2 Å². The van der Waals surface area contributed by atoms with Crippen molar-refractivity contribution in [3.8, 4) is 39.8 Å². The number of pyridine rings is 1. The minimum absolute atomic E-state index is 0.111. The van der Waals surface area contributed by atoms with E-state index in [0.29, 0.717) is 46.5 Å². The van der Waals surface area contributed by atoms with Crippen molar-refractivity contribution in [2.75, 3.05) is 0 Å². The van der Waals surface area contributed by atoms with Gasteiger partial charge in [0.2, 0.25) is 0 Å². The number of rotatable bonds is 10. The molecule has 0 aliphatic rings. The Hall–Kier alpha value is -5.71. The van der Waals surface area contributed by atoms with Crippen molar-refractivity contribution in [1.82, 2.24) is 4.98 Å².